The smallest absolute Gasteiger partial charge is 0.320 e. The van der Waals surface area contributed by atoms with Crippen LogP contribution in [0.25, 0.3) is 0 Å². The van der Waals surface area contributed by atoms with E-state index in [0.717, 1.165) is 16.9 Å². The number of carboxylic acid groups (broad SMARTS) is 1. The van der Waals surface area contributed by atoms with Crippen LogP contribution in [0.15, 0.2) is 0 Å². The van der Waals surface area contributed by atoms with Gasteiger partial charge in [-0.3, -0.25) is 4.79 Å². The molecule has 0 aliphatic carbocycles. The lowest BCUT2D eigenvalue weighted by atomic mass is 10.2. The van der Waals surface area contributed by atoms with E-state index in [4.69, 9.17) is 10.8 Å². The summed E-state index contributed by atoms with van der Waals surface area (Å²) >= 11 is 10.0. The minimum Gasteiger partial charge on any atom is -0.480 e. The average molecular weight is 255 g/mol. The highest BCUT2D eigenvalue weighted by molar-refractivity contribution is 7.98. The van der Waals surface area contributed by atoms with Crippen molar-refractivity contribution in [2.75, 3.05) is 12.0 Å². The van der Waals surface area contributed by atoms with Crippen molar-refractivity contribution in [3.63, 3.8) is 0 Å². The van der Waals surface area contributed by atoms with Crippen molar-refractivity contribution in [2.45, 2.75) is 12.5 Å². The predicted molar refractivity (Wildman–Crippen MR) is 67.0 cm³/mol. The van der Waals surface area contributed by atoms with Gasteiger partial charge in [-0.15, -0.1) is 0 Å². The maximum Gasteiger partial charge on any atom is 0.320 e. The van der Waals surface area contributed by atoms with Crippen molar-refractivity contribution >= 4 is 53.3 Å². The Hall–Kier alpha value is -0.240. The summed E-state index contributed by atoms with van der Waals surface area (Å²) in [4.78, 5) is 10.1. The van der Waals surface area contributed by atoms with Crippen LogP contribution in [0.3, 0.4) is 0 Å². The maximum absolute atomic E-state index is 10.1. The van der Waals surface area contributed by atoms with E-state index in [1.54, 1.807) is 11.8 Å². The van der Waals surface area contributed by atoms with E-state index in [1.165, 1.54) is 0 Å². The second-order valence-corrected chi connectivity index (χ2v) is 3.43. The molecule has 0 saturated carbocycles. The molecule has 0 aliphatic rings. The molecule has 0 heterocycles. The third-order valence-electron chi connectivity index (χ3n) is 1.06. The zero-order valence-corrected chi connectivity index (χ0v) is 10.2. The minimum atomic E-state index is -0.913. The average Bonchev–Trinajstić information content (AvgIpc) is 2.16. The van der Waals surface area contributed by atoms with E-state index in [1.807, 2.05) is 6.26 Å². The highest BCUT2D eigenvalue weighted by Gasteiger charge is 2.08. The maximum atomic E-state index is 10.1. The predicted octanol–water partition coefficient (Wildman–Crippen LogP) is 1.07. The quantitative estimate of drug-likeness (QED) is 0.688. The number of hydrogen-bond donors (Lipinski definition) is 2. The number of ether oxygens (including phenoxy) is 1. The summed E-state index contributed by atoms with van der Waals surface area (Å²) in [6.45, 7) is 0. The Bertz CT molecular complexity index is 172. The highest BCUT2D eigenvalue weighted by atomic mass is 32.2. The van der Waals surface area contributed by atoms with Crippen molar-refractivity contribution in [3.8, 4) is 0 Å². The van der Waals surface area contributed by atoms with Crippen LogP contribution in [0.4, 0.5) is 0 Å². The van der Waals surface area contributed by atoms with Crippen LogP contribution in [0.5, 0.6) is 0 Å². The summed E-state index contributed by atoms with van der Waals surface area (Å²) in [5, 5.41) is 8.27. The molecular formula is C7H13NO3S3. The van der Waals surface area contributed by atoms with Gasteiger partial charge in [0.15, 0.2) is 11.1 Å². The topological polar surface area (TPSA) is 72.6 Å². The van der Waals surface area contributed by atoms with E-state index in [-0.39, 0.29) is 0 Å². The lowest BCUT2D eigenvalue weighted by Gasteiger charge is -2.02. The summed E-state index contributed by atoms with van der Waals surface area (Å²) in [5.74, 6) is -0.1000. The molecule has 0 radical (unpaired) electrons. The Morgan fingerprint density at radius 3 is 2.36 bits per heavy atom. The lowest BCUT2D eigenvalue weighted by molar-refractivity contribution is -0.138. The highest BCUT2D eigenvalue weighted by Crippen LogP contribution is 1.97. The van der Waals surface area contributed by atoms with Crippen LogP contribution < -0.4 is 5.73 Å². The first-order chi connectivity index (χ1) is 6.59. The number of nitrogens with two attached hydrogens (primary N) is 1. The SMILES string of the molecule is CSCCC(N)C(=O)O.S=COC=S. The molecule has 1 unspecified atom stereocenters. The fourth-order valence-corrected chi connectivity index (χ4v) is 1.06. The van der Waals surface area contributed by atoms with Gasteiger partial charge in [0.2, 0.25) is 0 Å². The zero-order chi connectivity index (χ0) is 11.4. The molecule has 82 valence electrons. The molecule has 1 atom stereocenters. The van der Waals surface area contributed by atoms with Crippen molar-refractivity contribution in [1.29, 1.82) is 0 Å². The molecule has 0 saturated heterocycles. The van der Waals surface area contributed by atoms with Crippen molar-refractivity contribution in [2.24, 2.45) is 5.73 Å². The van der Waals surface area contributed by atoms with E-state index >= 15 is 0 Å². The molecule has 0 rings (SSSR count). The van der Waals surface area contributed by atoms with E-state index < -0.39 is 12.0 Å². The van der Waals surface area contributed by atoms with Gasteiger partial charge in [-0.25, -0.2) is 0 Å². The summed E-state index contributed by atoms with van der Waals surface area (Å²) in [6, 6.07) is -0.683. The van der Waals surface area contributed by atoms with Crippen LogP contribution >= 0.6 is 36.2 Å². The van der Waals surface area contributed by atoms with Crippen LogP contribution in [0, 0.1) is 0 Å². The molecule has 0 aliphatic heterocycles. The summed E-state index contributed by atoms with van der Waals surface area (Å²) < 4.78 is 4.21. The number of rotatable bonds is 6. The Labute approximate surface area is 98.2 Å². The molecule has 0 fully saturated rings. The van der Waals surface area contributed by atoms with Gasteiger partial charge in [0.25, 0.3) is 0 Å². The molecule has 0 aromatic carbocycles. The number of thiocarbonyl (C=S) groups is 2. The number of aliphatic carboxylic acids is 1. The van der Waals surface area contributed by atoms with Gasteiger partial charge >= 0.3 is 5.97 Å². The number of hydrogen-bond acceptors (Lipinski definition) is 6. The minimum absolute atomic E-state index is 0.552. The Balaban J connectivity index is 0. The third-order valence-corrected chi connectivity index (χ3v) is 1.93. The molecule has 0 bridgehead atoms. The molecular weight excluding hydrogens is 242 g/mol. The van der Waals surface area contributed by atoms with Crippen LogP contribution in [0.2, 0.25) is 0 Å². The standard InChI is InChI=1S/C5H11NO2S.C2H2OS2/c1-9-3-2-4(6)5(7)8;4-1-3-2-5/h4H,2-3,6H2,1H3,(H,7,8);1-2H. The molecule has 3 N–H and O–H groups in total. The van der Waals surface area contributed by atoms with Crippen molar-refractivity contribution < 1.29 is 14.6 Å². The molecule has 0 aromatic heterocycles. The molecule has 0 aromatic rings. The summed E-state index contributed by atoms with van der Waals surface area (Å²) in [6.07, 6.45) is 2.48. The van der Waals surface area contributed by atoms with Gasteiger partial charge in [0.05, 0.1) is 0 Å². The number of carboxylic acids is 1. The Morgan fingerprint density at radius 2 is 2.14 bits per heavy atom. The van der Waals surface area contributed by atoms with Crippen molar-refractivity contribution in [1.82, 2.24) is 0 Å². The van der Waals surface area contributed by atoms with Crippen molar-refractivity contribution in [3.05, 3.63) is 0 Å². The normalized spacial score (nSPS) is 10.4. The molecule has 14 heavy (non-hydrogen) atoms. The second-order valence-electron chi connectivity index (χ2n) is 2.05. The fourth-order valence-electron chi connectivity index (χ4n) is 0.391. The summed E-state index contributed by atoms with van der Waals surface area (Å²) in [5.41, 5.74) is 7.40. The zero-order valence-electron chi connectivity index (χ0n) is 7.71. The first-order valence-corrected chi connectivity index (χ1v) is 5.93. The van der Waals surface area contributed by atoms with E-state index in [9.17, 15) is 4.79 Å². The van der Waals surface area contributed by atoms with E-state index in [0.29, 0.717) is 6.42 Å². The van der Waals surface area contributed by atoms with E-state index in [2.05, 4.69) is 29.2 Å². The van der Waals surface area contributed by atoms with Gasteiger partial charge in [-0.05, 0) is 42.9 Å². The van der Waals surface area contributed by atoms with Gasteiger partial charge in [-0.2, -0.15) is 11.8 Å². The van der Waals surface area contributed by atoms with Crippen LogP contribution in [-0.4, -0.2) is 40.2 Å². The fraction of sp³-hybridized carbons (Fsp3) is 0.571. The van der Waals surface area contributed by atoms with Crippen LogP contribution in [0.1, 0.15) is 6.42 Å². The number of carbonyl (C=O) groups is 1. The first-order valence-electron chi connectivity index (χ1n) is 3.60. The van der Waals surface area contributed by atoms with Crippen LogP contribution in [-0.2, 0) is 9.53 Å². The van der Waals surface area contributed by atoms with Gasteiger partial charge < -0.3 is 15.6 Å². The molecule has 4 nitrogen and oxygen atoms in total. The molecule has 7 heteroatoms. The monoisotopic (exact) mass is 255 g/mol. The second kappa shape index (κ2) is 12.8. The Morgan fingerprint density at radius 1 is 1.64 bits per heavy atom. The molecule has 0 spiro atoms. The third kappa shape index (κ3) is 14.3. The Kier molecular flexibility index (Phi) is 14.8. The first kappa shape index (κ1) is 16.2. The summed E-state index contributed by atoms with van der Waals surface area (Å²) in [7, 11) is 0. The van der Waals surface area contributed by atoms with Gasteiger partial charge in [0.1, 0.15) is 6.04 Å². The van der Waals surface area contributed by atoms with Gasteiger partial charge in [-0.1, -0.05) is 0 Å². The van der Waals surface area contributed by atoms with Gasteiger partial charge in [0, 0.05) is 0 Å². The number of thioether (sulfide) groups is 1. The largest absolute Gasteiger partial charge is 0.480 e. The lowest BCUT2D eigenvalue weighted by Crippen LogP contribution is -2.30. The molecule has 0 amide bonds.